The van der Waals surface area contributed by atoms with Crippen LogP contribution in [0.5, 0.6) is 0 Å². The molecule has 0 N–H and O–H groups in total. The molecule has 0 aliphatic carbocycles. The first-order chi connectivity index (χ1) is 11.3. The standard InChI is InChI=1S/C17H24ClN3O2S/c1-6-23-16(22)12-9-24-15-13(12)14(19-17(18)20-15)21(7-10(2)3)8-11(4)5/h9-11H,6-8H2,1-5H3. The highest BCUT2D eigenvalue weighted by Gasteiger charge is 2.23. The molecule has 5 nitrogen and oxygen atoms in total. The molecule has 0 saturated carbocycles. The van der Waals surface area contributed by atoms with E-state index in [0.717, 1.165) is 24.3 Å². The van der Waals surface area contributed by atoms with Gasteiger partial charge in [0.1, 0.15) is 10.6 Å². The van der Waals surface area contributed by atoms with E-state index in [0.29, 0.717) is 28.8 Å². The van der Waals surface area contributed by atoms with Gasteiger partial charge in [-0.1, -0.05) is 27.7 Å². The number of carbonyl (C=O) groups excluding carboxylic acids is 1. The summed E-state index contributed by atoms with van der Waals surface area (Å²) in [6, 6.07) is 0. The maximum absolute atomic E-state index is 12.3. The van der Waals surface area contributed by atoms with E-state index in [1.165, 1.54) is 11.3 Å². The summed E-state index contributed by atoms with van der Waals surface area (Å²) < 4.78 is 5.18. The van der Waals surface area contributed by atoms with Gasteiger partial charge in [0, 0.05) is 18.5 Å². The van der Waals surface area contributed by atoms with Gasteiger partial charge in [0.15, 0.2) is 0 Å². The summed E-state index contributed by atoms with van der Waals surface area (Å²) in [5, 5.41) is 2.72. The molecule has 0 spiro atoms. The highest BCUT2D eigenvalue weighted by molar-refractivity contribution is 7.17. The molecule has 7 heteroatoms. The van der Waals surface area contributed by atoms with Crippen LogP contribution in [0.4, 0.5) is 5.82 Å². The predicted octanol–water partition coefficient (Wildman–Crippen LogP) is 4.64. The Kier molecular flexibility index (Phi) is 6.40. The molecule has 0 bridgehead atoms. The Morgan fingerprint density at radius 2 is 1.88 bits per heavy atom. The number of hydrogen-bond acceptors (Lipinski definition) is 6. The molecule has 132 valence electrons. The van der Waals surface area contributed by atoms with Crippen LogP contribution in [0.2, 0.25) is 5.28 Å². The number of rotatable bonds is 7. The lowest BCUT2D eigenvalue weighted by Gasteiger charge is -2.28. The van der Waals surface area contributed by atoms with Crippen molar-refractivity contribution in [1.29, 1.82) is 0 Å². The molecule has 2 aromatic rings. The van der Waals surface area contributed by atoms with E-state index >= 15 is 0 Å². The number of aromatic nitrogens is 2. The zero-order valence-corrected chi connectivity index (χ0v) is 16.4. The predicted molar refractivity (Wildman–Crippen MR) is 100 cm³/mol. The van der Waals surface area contributed by atoms with Crippen LogP contribution in [0.1, 0.15) is 45.0 Å². The van der Waals surface area contributed by atoms with Crippen molar-refractivity contribution in [3.8, 4) is 0 Å². The Bertz CT molecular complexity index is 705. The summed E-state index contributed by atoms with van der Waals surface area (Å²) in [5.74, 6) is 1.29. The second-order valence-electron chi connectivity index (χ2n) is 6.56. The van der Waals surface area contributed by atoms with Crippen LogP contribution in [0.3, 0.4) is 0 Å². The molecular formula is C17H24ClN3O2S. The fraction of sp³-hybridized carbons (Fsp3) is 0.588. The molecule has 2 heterocycles. The Balaban J connectivity index is 2.60. The first kappa shape index (κ1) is 18.9. The van der Waals surface area contributed by atoms with Crippen molar-refractivity contribution in [3.05, 3.63) is 16.2 Å². The maximum Gasteiger partial charge on any atom is 0.339 e. The second kappa shape index (κ2) is 8.12. The third kappa shape index (κ3) is 4.36. The largest absolute Gasteiger partial charge is 0.462 e. The minimum atomic E-state index is -0.343. The zero-order valence-electron chi connectivity index (χ0n) is 14.8. The number of esters is 1. The summed E-state index contributed by atoms with van der Waals surface area (Å²) >= 11 is 7.52. The second-order valence-corrected chi connectivity index (χ2v) is 7.76. The Labute approximate surface area is 152 Å². The fourth-order valence-corrected chi connectivity index (χ4v) is 3.73. The van der Waals surface area contributed by atoms with Crippen molar-refractivity contribution in [3.63, 3.8) is 0 Å². The lowest BCUT2D eigenvalue weighted by molar-refractivity contribution is 0.0529. The Morgan fingerprint density at radius 3 is 2.42 bits per heavy atom. The van der Waals surface area contributed by atoms with Gasteiger partial charge >= 0.3 is 5.97 Å². The van der Waals surface area contributed by atoms with Crippen molar-refractivity contribution >= 4 is 44.9 Å². The molecule has 0 fully saturated rings. The normalized spacial score (nSPS) is 11.5. The van der Waals surface area contributed by atoms with Gasteiger partial charge in [0.25, 0.3) is 0 Å². The maximum atomic E-state index is 12.3. The average Bonchev–Trinajstić information content (AvgIpc) is 2.88. The lowest BCUT2D eigenvalue weighted by atomic mass is 10.1. The molecule has 0 radical (unpaired) electrons. The van der Waals surface area contributed by atoms with Gasteiger partial charge in [-0.3, -0.25) is 0 Å². The monoisotopic (exact) mass is 369 g/mol. The van der Waals surface area contributed by atoms with Gasteiger partial charge in [0.2, 0.25) is 5.28 Å². The van der Waals surface area contributed by atoms with Crippen LogP contribution >= 0.6 is 22.9 Å². The highest BCUT2D eigenvalue weighted by Crippen LogP contribution is 2.34. The molecule has 0 aliphatic heterocycles. The minimum absolute atomic E-state index is 0.201. The average molecular weight is 370 g/mol. The molecule has 0 aliphatic rings. The number of fused-ring (bicyclic) bond motifs is 1. The van der Waals surface area contributed by atoms with Gasteiger partial charge in [-0.15, -0.1) is 11.3 Å². The molecule has 0 unspecified atom stereocenters. The first-order valence-electron chi connectivity index (χ1n) is 8.20. The molecule has 2 rings (SSSR count). The number of nitrogens with zero attached hydrogens (tertiary/aromatic N) is 3. The summed E-state index contributed by atoms with van der Waals surface area (Å²) in [5.41, 5.74) is 0.515. The molecule has 2 aromatic heterocycles. The van der Waals surface area contributed by atoms with Gasteiger partial charge in [0.05, 0.1) is 17.6 Å². The van der Waals surface area contributed by atoms with E-state index in [9.17, 15) is 4.79 Å². The summed E-state index contributed by atoms with van der Waals surface area (Å²) in [7, 11) is 0. The van der Waals surface area contributed by atoms with E-state index in [1.807, 2.05) is 0 Å². The summed E-state index contributed by atoms with van der Waals surface area (Å²) in [6.07, 6.45) is 0. The molecule has 0 atom stereocenters. The fourth-order valence-electron chi connectivity index (χ4n) is 2.62. The molecule has 0 aromatic carbocycles. The van der Waals surface area contributed by atoms with E-state index in [4.69, 9.17) is 16.3 Å². The lowest BCUT2D eigenvalue weighted by Crippen LogP contribution is -2.32. The summed E-state index contributed by atoms with van der Waals surface area (Å²) in [4.78, 5) is 24.0. The van der Waals surface area contributed by atoms with Crippen LogP contribution < -0.4 is 4.90 Å². The van der Waals surface area contributed by atoms with E-state index < -0.39 is 0 Å². The third-order valence-electron chi connectivity index (χ3n) is 3.35. The van der Waals surface area contributed by atoms with Crippen LogP contribution in [0, 0.1) is 11.8 Å². The van der Waals surface area contributed by atoms with E-state index in [-0.39, 0.29) is 11.3 Å². The molecular weight excluding hydrogens is 346 g/mol. The van der Waals surface area contributed by atoms with Crippen LogP contribution in [-0.2, 0) is 4.74 Å². The number of ether oxygens (including phenoxy) is 1. The van der Waals surface area contributed by atoms with Gasteiger partial charge in [-0.05, 0) is 30.4 Å². The van der Waals surface area contributed by atoms with Gasteiger partial charge in [-0.2, -0.15) is 4.98 Å². The van der Waals surface area contributed by atoms with Gasteiger partial charge < -0.3 is 9.64 Å². The Morgan fingerprint density at radius 1 is 1.25 bits per heavy atom. The topological polar surface area (TPSA) is 55.3 Å². The quantitative estimate of drug-likeness (QED) is 0.525. The highest BCUT2D eigenvalue weighted by atomic mass is 35.5. The van der Waals surface area contributed by atoms with E-state index in [1.54, 1.807) is 12.3 Å². The number of anilines is 1. The molecule has 0 saturated heterocycles. The summed E-state index contributed by atoms with van der Waals surface area (Å²) in [6.45, 7) is 12.4. The first-order valence-corrected chi connectivity index (χ1v) is 9.46. The minimum Gasteiger partial charge on any atom is -0.462 e. The molecule has 0 amide bonds. The SMILES string of the molecule is CCOC(=O)c1csc2nc(Cl)nc(N(CC(C)C)CC(C)C)c12. The number of thiophene rings is 1. The van der Waals surface area contributed by atoms with E-state index in [2.05, 4.69) is 42.6 Å². The number of carbonyl (C=O) groups is 1. The van der Waals surface area contributed by atoms with Crippen molar-refractivity contribution in [2.75, 3.05) is 24.6 Å². The van der Waals surface area contributed by atoms with Crippen molar-refractivity contribution in [1.82, 2.24) is 9.97 Å². The zero-order chi connectivity index (χ0) is 17.9. The van der Waals surface area contributed by atoms with Crippen molar-refractivity contribution < 1.29 is 9.53 Å². The Hall–Kier alpha value is -1.40. The molecule has 24 heavy (non-hydrogen) atoms. The van der Waals surface area contributed by atoms with Crippen molar-refractivity contribution in [2.24, 2.45) is 11.8 Å². The van der Waals surface area contributed by atoms with Crippen molar-refractivity contribution in [2.45, 2.75) is 34.6 Å². The van der Waals surface area contributed by atoms with Crippen LogP contribution in [-0.4, -0.2) is 35.6 Å². The number of hydrogen-bond donors (Lipinski definition) is 0. The van der Waals surface area contributed by atoms with Gasteiger partial charge in [-0.25, -0.2) is 9.78 Å². The smallest absolute Gasteiger partial charge is 0.339 e. The van der Waals surface area contributed by atoms with Crippen LogP contribution in [0.15, 0.2) is 5.38 Å². The van der Waals surface area contributed by atoms with Crippen LogP contribution in [0.25, 0.3) is 10.2 Å². The third-order valence-corrected chi connectivity index (χ3v) is 4.39. The number of halogens is 1.